The predicted octanol–water partition coefficient (Wildman–Crippen LogP) is 3.96. The number of rotatable bonds is 2. The van der Waals surface area contributed by atoms with Gasteiger partial charge in [-0.15, -0.1) is 11.3 Å². The van der Waals surface area contributed by atoms with Crippen molar-refractivity contribution in [2.45, 2.75) is 6.92 Å². The van der Waals surface area contributed by atoms with Crippen LogP contribution in [0, 0.1) is 6.92 Å². The van der Waals surface area contributed by atoms with Crippen molar-refractivity contribution >= 4 is 17.0 Å². The molecule has 0 bridgehead atoms. The van der Waals surface area contributed by atoms with Crippen LogP contribution in [0.15, 0.2) is 46.2 Å². The molecule has 0 amide bonds. The van der Waals surface area contributed by atoms with Crippen LogP contribution in [0.4, 0.5) is 5.69 Å². The highest BCUT2D eigenvalue weighted by atomic mass is 32.1. The van der Waals surface area contributed by atoms with E-state index in [1.165, 1.54) is 0 Å². The Morgan fingerprint density at radius 3 is 2.56 bits per heavy atom. The number of hydrogen-bond donors (Lipinski definition) is 1. The second kappa shape index (κ2) is 4.31. The third-order valence-electron chi connectivity index (χ3n) is 2.65. The van der Waals surface area contributed by atoms with Crippen molar-refractivity contribution in [3.8, 4) is 22.0 Å². The van der Waals surface area contributed by atoms with Gasteiger partial charge < -0.3 is 10.2 Å². The summed E-state index contributed by atoms with van der Waals surface area (Å²) >= 11 is 1.60. The number of furan rings is 1. The molecule has 3 aromatic rings. The Balaban J connectivity index is 1.96. The molecule has 3 rings (SSSR count). The van der Waals surface area contributed by atoms with Crippen LogP contribution < -0.4 is 5.73 Å². The van der Waals surface area contributed by atoms with Crippen LogP contribution in [0.1, 0.15) is 5.76 Å². The second-order valence-corrected chi connectivity index (χ2v) is 4.93. The fourth-order valence-corrected chi connectivity index (χ4v) is 2.53. The zero-order valence-corrected chi connectivity index (χ0v) is 10.7. The summed E-state index contributed by atoms with van der Waals surface area (Å²) in [5.74, 6) is 1.71. The summed E-state index contributed by atoms with van der Waals surface area (Å²) in [5, 5.41) is 2.98. The van der Waals surface area contributed by atoms with Crippen LogP contribution in [-0.4, -0.2) is 4.98 Å². The SMILES string of the molecule is Cc1ccc(-c2csc(-c3ccc(N)cc3)n2)o1. The maximum atomic E-state index is 5.67. The zero-order valence-electron chi connectivity index (χ0n) is 9.88. The van der Waals surface area contributed by atoms with Crippen molar-refractivity contribution in [2.75, 3.05) is 5.73 Å². The van der Waals surface area contributed by atoms with Gasteiger partial charge in [0.05, 0.1) is 0 Å². The first-order valence-corrected chi connectivity index (χ1v) is 6.48. The molecule has 0 saturated heterocycles. The Kier molecular flexibility index (Phi) is 2.64. The molecule has 0 aliphatic rings. The lowest BCUT2D eigenvalue weighted by atomic mass is 10.2. The smallest absolute Gasteiger partial charge is 0.153 e. The van der Waals surface area contributed by atoms with E-state index in [4.69, 9.17) is 10.2 Å². The van der Waals surface area contributed by atoms with Crippen molar-refractivity contribution in [1.82, 2.24) is 4.98 Å². The summed E-state index contributed by atoms with van der Waals surface area (Å²) in [6.45, 7) is 1.93. The average molecular weight is 256 g/mol. The second-order valence-electron chi connectivity index (χ2n) is 4.07. The molecule has 2 aromatic heterocycles. The molecule has 0 spiro atoms. The van der Waals surface area contributed by atoms with E-state index in [2.05, 4.69) is 4.98 Å². The topological polar surface area (TPSA) is 52.0 Å². The van der Waals surface area contributed by atoms with Gasteiger partial charge in [-0.05, 0) is 43.3 Å². The molecule has 2 N–H and O–H groups in total. The van der Waals surface area contributed by atoms with Crippen LogP contribution in [-0.2, 0) is 0 Å². The zero-order chi connectivity index (χ0) is 12.5. The Morgan fingerprint density at radius 2 is 1.89 bits per heavy atom. The number of benzene rings is 1. The fourth-order valence-electron chi connectivity index (χ4n) is 1.72. The molecule has 0 atom stereocenters. The Bertz CT molecular complexity index is 667. The molecule has 0 aliphatic heterocycles. The van der Waals surface area contributed by atoms with Gasteiger partial charge in [0, 0.05) is 16.6 Å². The van der Waals surface area contributed by atoms with Crippen molar-refractivity contribution in [1.29, 1.82) is 0 Å². The molecule has 4 heteroatoms. The molecule has 1 aromatic carbocycles. The lowest BCUT2D eigenvalue weighted by molar-refractivity contribution is 0.547. The average Bonchev–Trinajstić information content (AvgIpc) is 2.98. The number of aryl methyl sites for hydroxylation is 1. The third kappa shape index (κ3) is 2.02. The van der Waals surface area contributed by atoms with E-state index in [-0.39, 0.29) is 0 Å². The van der Waals surface area contributed by atoms with Gasteiger partial charge in [-0.1, -0.05) is 0 Å². The van der Waals surface area contributed by atoms with Crippen LogP contribution in [0.25, 0.3) is 22.0 Å². The van der Waals surface area contributed by atoms with E-state index in [1.807, 2.05) is 48.7 Å². The summed E-state index contributed by atoms with van der Waals surface area (Å²) in [7, 11) is 0. The first-order valence-electron chi connectivity index (χ1n) is 5.60. The molecule has 0 unspecified atom stereocenters. The normalized spacial score (nSPS) is 10.7. The van der Waals surface area contributed by atoms with Gasteiger partial charge in [0.25, 0.3) is 0 Å². The number of hydrogen-bond acceptors (Lipinski definition) is 4. The van der Waals surface area contributed by atoms with Crippen LogP contribution in [0.2, 0.25) is 0 Å². The summed E-state index contributed by atoms with van der Waals surface area (Å²) in [6.07, 6.45) is 0. The van der Waals surface area contributed by atoms with Crippen molar-refractivity contribution < 1.29 is 4.42 Å². The van der Waals surface area contributed by atoms with Crippen LogP contribution >= 0.6 is 11.3 Å². The van der Waals surface area contributed by atoms with Crippen molar-refractivity contribution in [3.63, 3.8) is 0 Å². The number of nitrogen functional groups attached to an aromatic ring is 1. The molecule has 90 valence electrons. The van der Waals surface area contributed by atoms with E-state index in [0.29, 0.717) is 0 Å². The van der Waals surface area contributed by atoms with Gasteiger partial charge >= 0.3 is 0 Å². The number of nitrogens with zero attached hydrogens (tertiary/aromatic N) is 1. The predicted molar refractivity (Wildman–Crippen MR) is 74.4 cm³/mol. The summed E-state index contributed by atoms with van der Waals surface area (Å²) in [5.41, 5.74) is 8.38. The minimum Gasteiger partial charge on any atom is -0.460 e. The Labute approximate surface area is 109 Å². The molecule has 0 radical (unpaired) electrons. The van der Waals surface area contributed by atoms with E-state index in [1.54, 1.807) is 11.3 Å². The molecular weight excluding hydrogens is 244 g/mol. The van der Waals surface area contributed by atoms with E-state index >= 15 is 0 Å². The molecule has 0 aliphatic carbocycles. The largest absolute Gasteiger partial charge is 0.460 e. The standard InChI is InChI=1S/C14H12N2OS/c1-9-2-7-13(17-9)12-8-18-14(16-12)10-3-5-11(15)6-4-10/h2-8H,15H2,1H3. The van der Waals surface area contributed by atoms with Gasteiger partial charge in [-0.3, -0.25) is 0 Å². The van der Waals surface area contributed by atoms with Gasteiger partial charge in [-0.2, -0.15) is 0 Å². The molecule has 0 fully saturated rings. The van der Waals surface area contributed by atoms with Crippen LogP contribution in [0.3, 0.4) is 0 Å². The quantitative estimate of drug-likeness (QED) is 0.706. The highest BCUT2D eigenvalue weighted by Gasteiger charge is 2.09. The lowest BCUT2D eigenvalue weighted by Crippen LogP contribution is -1.83. The Hall–Kier alpha value is -2.07. The Morgan fingerprint density at radius 1 is 1.11 bits per heavy atom. The molecule has 2 heterocycles. The molecule has 18 heavy (non-hydrogen) atoms. The first kappa shape index (κ1) is 11.0. The van der Waals surface area contributed by atoms with Gasteiger partial charge in [0.15, 0.2) is 5.76 Å². The number of aromatic nitrogens is 1. The molecule has 3 nitrogen and oxygen atoms in total. The van der Waals surface area contributed by atoms with Gasteiger partial charge in [0.1, 0.15) is 16.5 Å². The highest BCUT2D eigenvalue weighted by molar-refractivity contribution is 7.13. The third-order valence-corrected chi connectivity index (χ3v) is 3.55. The first-order chi connectivity index (χ1) is 8.72. The van der Waals surface area contributed by atoms with E-state index in [9.17, 15) is 0 Å². The van der Waals surface area contributed by atoms with Crippen molar-refractivity contribution in [3.05, 3.63) is 47.5 Å². The number of thiazole rings is 1. The summed E-state index contributed by atoms with van der Waals surface area (Å²) < 4.78 is 5.56. The van der Waals surface area contributed by atoms with E-state index < -0.39 is 0 Å². The molecule has 0 saturated carbocycles. The van der Waals surface area contributed by atoms with E-state index in [0.717, 1.165) is 33.5 Å². The van der Waals surface area contributed by atoms with Crippen molar-refractivity contribution in [2.24, 2.45) is 0 Å². The minimum absolute atomic E-state index is 0.761. The number of anilines is 1. The highest BCUT2D eigenvalue weighted by Crippen LogP contribution is 2.29. The minimum atomic E-state index is 0.761. The summed E-state index contributed by atoms with van der Waals surface area (Å²) in [6, 6.07) is 11.6. The monoisotopic (exact) mass is 256 g/mol. The number of nitrogens with two attached hydrogens (primary N) is 1. The van der Waals surface area contributed by atoms with Gasteiger partial charge in [0.2, 0.25) is 0 Å². The van der Waals surface area contributed by atoms with Crippen LogP contribution in [0.5, 0.6) is 0 Å². The summed E-state index contributed by atoms with van der Waals surface area (Å²) in [4.78, 5) is 4.58. The maximum Gasteiger partial charge on any atom is 0.153 e. The lowest BCUT2D eigenvalue weighted by Gasteiger charge is -1.96. The van der Waals surface area contributed by atoms with Gasteiger partial charge in [-0.25, -0.2) is 4.98 Å². The molecular formula is C14H12N2OS. The fraction of sp³-hybridized carbons (Fsp3) is 0.0714. The maximum absolute atomic E-state index is 5.67.